The van der Waals surface area contributed by atoms with Crippen molar-refractivity contribution in [2.24, 2.45) is 0 Å². The zero-order chi connectivity index (χ0) is 13.2. The number of sulfone groups is 1. The molecule has 2 unspecified atom stereocenters. The fourth-order valence-corrected chi connectivity index (χ4v) is 4.75. The lowest BCUT2D eigenvalue weighted by atomic mass is 9.95. The predicted molar refractivity (Wildman–Crippen MR) is 68.7 cm³/mol. The van der Waals surface area contributed by atoms with Crippen LogP contribution in [-0.4, -0.2) is 26.8 Å². The summed E-state index contributed by atoms with van der Waals surface area (Å²) in [5, 5.41) is 2.53. The van der Waals surface area contributed by atoms with Crippen molar-refractivity contribution in [3.8, 4) is 0 Å². The maximum atomic E-state index is 13.7. The average molecular weight is 271 g/mol. The Bertz CT molecular complexity index is 515. The number of hydrogen-bond acceptors (Lipinski definition) is 3. The van der Waals surface area contributed by atoms with Crippen LogP contribution < -0.4 is 5.32 Å². The van der Waals surface area contributed by atoms with Crippen molar-refractivity contribution < 1.29 is 12.8 Å². The van der Waals surface area contributed by atoms with Crippen molar-refractivity contribution in [1.82, 2.24) is 5.32 Å². The Kier molecular flexibility index (Phi) is 4.02. The number of nitrogens with one attached hydrogen (secondary N) is 1. The molecule has 2 rings (SSSR count). The second-order valence-corrected chi connectivity index (χ2v) is 6.83. The fraction of sp³-hybridized carbons (Fsp3) is 0.538. The molecule has 3 nitrogen and oxygen atoms in total. The molecular weight excluding hydrogens is 253 g/mol. The van der Waals surface area contributed by atoms with E-state index in [4.69, 9.17) is 0 Å². The Morgan fingerprint density at radius 1 is 1.22 bits per heavy atom. The van der Waals surface area contributed by atoms with Gasteiger partial charge in [0.05, 0.1) is 5.25 Å². The monoisotopic (exact) mass is 271 g/mol. The molecule has 18 heavy (non-hydrogen) atoms. The summed E-state index contributed by atoms with van der Waals surface area (Å²) in [4.78, 5) is -0.169. The van der Waals surface area contributed by atoms with Crippen molar-refractivity contribution in [2.45, 2.75) is 41.9 Å². The summed E-state index contributed by atoms with van der Waals surface area (Å²) in [7, 11) is -1.83. The van der Waals surface area contributed by atoms with Crippen LogP contribution >= 0.6 is 0 Å². The molecule has 0 amide bonds. The number of rotatable bonds is 3. The number of halogens is 1. The lowest BCUT2D eigenvalue weighted by Crippen LogP contribution is -2.44. The molecule has 0 heterocycles. The molecule has 0 spiro atoms. The Balaban J connectivity index is 2.39. The van der Waals surface area contributed by atoms with E-state index >= 15 is 0 Å². The lowest BCUT2D eigenvalue weighted by Gasteiger charge is -2.30. The summed E-state index contributed by atoms with van der Waals surface area (Å²) in [6.07, 6.45) is 3.34. The molecule has 1 fully saturated rings. The molecule has 100 valence electrons. The average Bonchev–Trinajstić information content (AvgIpc) is 2.39. The molecule has 2 atom stereocenters. The van der Waals surface area contributed by atoms with Gasteiger partial charge < -0.3 is 5.32 Å². The molecule has 1 aromatic carbocycles. The molecule has 5 heteroatoms. The van der Waals surface area contributed by atoms with Crippen molar-refractivity contribution in [2.75, 3.05) is 7.05 Å². The molecule has 1 aromatic rings. The van der Waals surface area contributed by atoms with Gasteiger partial charge >= 0.3 is 0 Å². The van der Waals surface area contributed by atoms with Crippen LogP contribution in [0.15, 0.2) is 29.2 Å². The van der Waals surface area contributed by atoms with Gasteiger partial charge in [-0.3, -0.25) is 0 Å². The van der Waals surface area contributed by atoms with E-state index in [0.29, 0.717) is 6.42 Å². The van der Waals surface area contributed by atoms with Gasteiger partial charge in [0.15, 0.2) is 9.84 Å². The molecule has 0 bridgehead atoms. The second-order valence-electron chi connectivity index (χ2n) is 4.69. The fourth-order valence-electron chi connectivity index (χ4n) is 2.64. The normalized spacial score (nSPS) is 25.0. The molecule has 0 aromatic heterocycles. The third kappa shape index (κ3) is 2.42. The first-order valence-corrected chi connectivity index (χ1v) is 7.77. The predicted octanol–water partition coefficient (Wildman–Crippen LogP) is 2.13. The van der Waals surface area contributed by atoms with E-state index in [1.165, 1.54) is 18.2 Å². The standard InChI is InChI=1S/C13H18FNO2S/c1-15-11-7-3-5-9-13(11)18(16,17)12-8-4-2-6-10(12)14/h2,4,6,8,11,13,15H,3,5,7,9H2,1H3. The van der Waals surface area contributed by atoms with Gasteiger partial charge in [-0.15, -0.1) is 0 Å². The van der Waals surface area contributed by atoms with E-state index < -0.39 is 20.9 Å². The van der Waals surface area contributed by atoms with Gasteiger partial charge in [0.25, 0.3) is 0 Å². The van der Waals surface area contributed by atoms with E-state index in [1.54, 1.807) is 13.1 Å². The quantitative estimate of drug-likeness (QED) is 0.916. The summed E-state index contributed by atoms with van der Waals surface area (Å²) < 4.78 is 38.7. The van der Waals surface area contributed by atoms with Crippen molar-refractivity contribution in [1.29, 1.82) is 0 Å². The summed E-state index contributed by atoms with van der Waals surface area (Å²) in [5.41, 5.74) is 0. The SMILES string of the molecule is CNC1CCCCC1S(=O)(=O)c1ccccc1F. The molecule has 1 aliphatic rings. The van der Waals surface area contributed by atoms with Crippen molar-refractivity contribution in [3.05, 3.63) is 30.1 Å². The first-order valence-electron chi connectivity index (χ1n) is 6.23. The largest absolute Gasteiger partial charge is 0.316 e. The minimum atomic E-state index is -3.59. The van der Waals surface area contributed by atoms with E-state index in [2.05, 4.69) is 5.32 Å². The van der Waals surface area contributed by atoms with Crippen LogP contribution in [0.25, 0.3) is 0 Å². The van der Waals surface area contributed by atoms with Gasteiger partial charge in [-0.05, 0) is 32.0 Å². The van der Waals surface area contributed by atoms with Crippen molar-refractivity contribution >= 4 is 9.84 Å². The Morgan fingerprint density at radius 3 is 2.56 bits per heavy atom. The van der Waals surface area contributed by atoms with Gasteiger partial charge in [0.1, 0.15) is 10.7 Å². The summed E-state index contributed by atoms with van der Waals surface area (Å²) >= 11 is 0. The smallest absolute Gasteiger partial charge is 0.185 e. The summed E-state index contributed by atoms with van der Waals surface area (Å²) in [6, 6.07) is 5.54. The highest BCUT2D eigenvalue weighted by molar-refractivity contribution is 7.92. The highest BCUT2D eigenvalue weighted by atomic mass is 32.2. The summed E-state index contributed by atoms with van der Waals surface area (Å²) in [6.45, 7) is 0. The van der Waals surface area contributed by atoms with Crippen LogP contribution in [0.1, 0.15) is 25.7 Å². The lowest BCUT2D eigenvalue weighted by molar-refractivity contribution is 0.388. The van der Waals surface area contributed by atoms with Gasteiger partial charge in [-0.2, -0.15) is 0 Å². The molecule has 1 N–H and O–H groups in total. The zero-order valence-corrected chi connectivity index (χ0v) is 11.2. The molecule has 0 saturated heterocycles. The zero-order valence-electron chi connectivity index (χ0n) is 10.4. The first-order chi connectivity index (χ1) is 8.57. The molecule has 1 aliphatic carbocycles. The van der Waals surface area contributed by atoms with Gasteiger partial charge in [-0.1, -0.05) is 25.0 Å². The van der Waals surface area contributed by atoms with E-state index in [1.807, 2.05) is 0 Å². The Morgan fingerprint density at radius 2 is 1.89 bits per heavy atom. The molecular formula is C13H18FNO2S. The third-order valence-electron chi connectivity index (χ3n) is 3.62. The maximum absolute atomic E-state index is 13.7. The van der Waals surface area contributed by atoms with E-state index in [0.717, 1.165) is 19.3 Å². The highest BCUT2D eigenvalue weighted by Crippen LogP contribution is 2.29. The van der Waals surface area contributed by atoms with Crippen LogP contribution in [0.5, 0.6) is 0 Å². The van der Waals surface area contributed by atoms with Crippen LogP contribution in [-0.2, 0) is 9.84 Å². The third-order valence-corrected chi connectivity index (χ3v) is 5.92. The van der Waals surface area contributed by atoms with Gasteiger partial charge in [0.2, 0.25) is 0 Å². The number of benzene rings is 1. The van der Waals surface area contributed by atoms with E-state index in [9.17, 15) is 12.8 Å². The highest BCUT2D eigenvalue weighted by Gasteiger charge is 2.36. The van der Waals surface area contributed by atoms with Crippen LogP contribution in [0.4, 0.5) is 4.39 Å². The molecule has 0 radical (unpaired) electrons. The molecule has 0 aliphatic heterocycles. The minimum absolute atomic E-state index is 0.0802. The maximum Gasteiger partial charge on any atom is 0.185 e. The number of hydrogen-bond donors (Lipinski definition) is 1. The second kappa shape index (κ2) is 5.36. The van der Waals surface area contributed by atoms with E-state index in [-0.39, 0.29) is 10.9 Å². The topological polar surface area (TPSA) is 46.2 Å². The van der Waals surface area contributed by atoms with Gasteiger partial charge in [0, 0.05) is 6.04 Å². The van der Waals surface area contributed by atoms with Crippen molar-refractivity contribution in [3.63, 3.8) is 0 Å². The first kappa shape index (κ1) is 13.5. The molecule has 1 saturated carbocycles. The minimum Gasteiger partial charge on any atom is -0.316 e. The van der Waals surface area contributed by atoms with Crippen LogP contribution in [0.3, 0.4) is 0 Å². The van der Waals surface area contributed by atoms with Crippen LogP contribution in [0.2, 0.25) is 0 Å². The van der Waals surface area contributed by atoms with Gasteiger partial charge in [-0.25, -0.2) is 12.8 Å². The Labute approximate surface area is 107 Å². The van der Waals surface area contributed by atoms with Crippen LogP contribution in [0, 0.1) is 5.82 Å². The Hall–Kier alpha value is -0.940. The summed E-state index contributed by atoms with van der Waals surface area (Å²) in [5.74, 6) is -0.655.